The summed E-state index contributed by atoms with van der Waals surface area (Å²) >= 11 is 3.12. The van der Waals surface area contributed by atoms with E-state index in [0.29, 0.717) is 0 Å². The number of alkyl halides is 26. The molecule has 0 amide bonds. The molecule has 0 bridgehead atoms. The molecule has 0 heterocycles. The van der Waals surface area contributed by atoms with Gasteiger partial charge in [-0.1, -0.05) is 0 Å². The fourth-order valence-corrected chi connectivity index (χ4v) is 3.11. The molecule has 51 heavy (non-hydrogen) atoms. The smallest absolute Gasteiger partial charge is 0.460 e. The second-order valence-electron chi connectivity index (χ2n) is 9.61. The third-order valence-electron chi connectivity index (χ3n) is 5.97. The minimum Gasteiger partial charge on any atom is -0.465 e. The van der Waals surface area contributed by atoms with Crippen molar-refractivity contribution < 1.29 is 133 Å². The maximum Gasteiger partial charge on any atom is 0.460 e. The van der Waals surface area contributed by atoms with Crippen LogP contribution in [0.1, 0.15) is 19.3 Å². The monoisotopic (exact) mass is 842 g/mol. The van der Waals surface area contributed by atoms with Gasteiger partial charge in [0, 0.05) is 0 Å². The van der Waals surface area contributed by atoms with Gasteiger partial charge in [0.15, 0.2) is 0 Å². The van der Waals surface area contributed by atoms with Crippen LogP contribution in [0.15, 0.2) is 0 Å². The number of hydrogen-bond acceptors (Lipinski definition) is 5. The normalized spacial score (nSPS) is 16.2. The van der Waals surface area contributed by atoms with E-state index in [4.69, 9.17) is 0 Å². The highest BCUT2D eigenvalue weighted by Crippen LogP contribution is 2.62. The van der Waals surface area contributed by atoms with E-state index in [1.807, 2.05) is 0 Å². The van der Waals surface area contributed by atoms with Crippen LogP contribution < -0.4 is 0 Å². The van der Waals surface area contributed by atoms with Crippen molar-refractivity contribution in [1.29, 1.82) is 0 Å². The fraction of sp³-hybridized carbons (Fsp3) is 0.900. The van der Waals surface area contributed by atoms with Crippen LogP contribution in [0.5, 0.6) is 0 Å². The molecular weight excluding hydrogens is 830 g/mol. The Balaban J connectivity index is 5.50. The van der Waals surface area contributed by atoms with E-state index in [9.17, 15) is 124 Å². The van der Waals surface area contributed by atoms with Gasteiger partial charge in [0.1, 0.15) is 5.25 Å². The van der Waals surface area contributed by atoms with Gasteiger partial charge in [0.2, 0.25) is 0 Å². The predicted octanol–water partition coefficient (Wildman–Crippen LogP) is 9.02. The second kappa shape index (κ2) is 14.0. The number of halogens is 26. The standard InChI is InChI=1S/C20H12F26O4S/c21-9(22,11(25,26)13(29,30)15(33,34)17(37,38)19(41,42)43)1-3-49-7(47)5-6(51)8(48)50-4-2-10(23,24)12(27,28)14(31,32)16(35,36)18(39,40)20(44,45)46/h6,51H,1-5H2. The van der Waals surface area contributed by atoms with Crippen LogP contribution in [-0.4, -0.2) is 102 Å². The zero-order valence-corrected chi connectivity index (χ0v) is 23.9. The zero-order valence-electron chi connectivity index (χ0n) is 23.0. The second-order valence-corrected chi connectivity index (χ2v) is 10.2. The number of thiol groups is 1. The van der Waals surface area contributed by atoms with E-state index < -0.39 is 121 Å². The van der Waals surface area contributed by atoms with Crippen molar-refractivity contribution >= 4 is 24.6 Å². The summed E-state index contributed by atoms with van der Waals surface area (Å²) in [5, 5.41) is -2.53. The number of carbonyl (C=O) groups excluding carboxylic acids is 2. The Hall–Kier alpha value is -2.53. The number of hydrogen-bond donors (Lipinski definition) is 1. The molecule has 0 aromatic heterocycles. The Morgan fingerprint density at radius 3 is 0.941 bits per heavy atom. The van der Waals surface area contributed by atoms with Crippen molar-refractivity contribution in [3.05, 3.63) is 0 Å². The van der Waals surface area contributed by atoms with Crippen molar-refractivity contribution in [2.24, 2.45) is 0 Å². The lowest BCUT2D eigenvalue weighted by Crippen LogP contribution is -2.70. The predicted molar refractivity (Wildman–Crippen MR) is 110 cm³/mol. The lowest BCUT2D eigenvalue weighted by molar-refractivity contribution is -0.440. The summed E-state index contributed by atoms with van der Waals surface area (Å²) in [5.74, 6) is -82.5. The Bertz CT molecular complexity index is 1240. The lowest BCUT2D eigenvalue weighted by atomic mass is 9.93. The molecule has 0 fully saturated rings. The SMILES string of the molecule is O=C(CC(S)C(=O)OCCC(F)(F)C(F)(F)C(F)(F)C(F)(F)C(F)(F)C(F)(F)F)OCCC(F)(F)C(F)(F)C(F)(F)C(F)(F)C(F)(F)C(F)(F)F. The molecule has 0 aromatic carbocycles. The molecule has 0 saturated carbocycles. The van der Waals surface area contributed by atoms with Gasteiger partial charge in [-0.05, 0) is 0 Å². The van der Waals surface area contributed by atoms with Crippen LogP contribution >= 0.6 is 12.6 Å². The van der Waals surface area contributed by atoms with Gasteiger partial charge in [0.05, 0.1) is 32.5 Å². The van der Waals surface area contributed by atoms with Crippen molar-refractivity contribution in [2.45, 2.75) is 96.1 Å². The molecule has 0 N–H and O–H groups in total. The Morgan fingerprint density at radius 1 is 0.412 bits per heavy atom. The molecule has 0 spiro atoms. The summed E-state index contributed by atoms with van der Waals surface area (Å²) in [6, 6.07) is 0. The Labute approximate surface area is 268 Å². The third kappa shape index (κ3) is 8.19. The van der Waals surface area contributed by atoms with Crippen LogP contribution in [0.3, 0.4) is 0 Å². The molecule has 0 saturated heterocycles. The molecule has 0 aliphatic heterocycles. The maximum absolute atomic E-state index is 13.7. The largest absolute Gasteiger partial charge is 0.465 e. The van der Waals surface area contributed by atoms with E-state index in [1.54, 1.807) is 0 Å². The van der Waals surface area contributed by atoms with E-state index >= 15 is 0 Å². The summed E-state index contributed by atoms with van der Waals surface area (Å²) in [6.07, 6.45) is -23.4. The van der Waals surface area contributed by atoms with Crippen molar-refractivity contribution in [3.63, 3.8) is 0 Å². The molecule has 4 nitrogen and oxygen atoms in total. The lowest BCUT2D eigenvalue weighted by Gasteiger charge is -2.39. The molecule has 0 aromatic rings. The summed E-state index contributed by atoms with van der Waals surface area (Å²) in [4.78, 5) is 23.1. The van der Waals surface area contributed by atoms with Gasteiger partial charge in [-0.15, -0.1) is 0 Å². The average molecular weight is 842 g/mol. The minimum atomic E-state index is -8.26. The highest BCUT2D eigenvalue weighted by molar-refractivity contribution is 7.81. The van der Waals surface area contributed by atoms with E-state index in [1.165, 1.54) is 0 Å². The highest BCUT2D eigenvalue weighted by Gasteiger charge is 2.92. The van der Waals surface area contributed by atoms with Crippen LogP contribution in [0.2, 0.25) is 0 Å². The maximum atomic E-state index is 13.7. The minimum absolute atomic E-state index is 1.78. The van der Waals surface area contributed by atoms with Crippen LogP contribution in [-0.2, 0) is 19.1 Å². The number of ether oxygens (including phenoxy) is 2. The average Bonchev–Trinajstić information content (AvgIpc) is 2.90. The van der Waals surface area contributed by atoms with Crippen LogP contribution in [0.4, 0.5) is 114 Å². The van der Waals surface area contributed by atoms with E-state index in [0.717, 1.165) is 0 Å². The first-order valence-corrected chi connectivity index (χ1v) is 12.3. The van der Waals surface area contributed by atoms with Crippen LogP contribution in [0, 0.1) is 0 Å². The van der Waals surface area contributed by atoms with Gasteiger partial charge >= 0.3 is 83.5 Å². The molecule has 0 aliphatic carbocycles. The third-order valence-corrected chi connectivity index (χ3v) is 6.36. The number of esters is 2. The first kappa shape index (κ1) is 48.5. The van der Waals surface area contributed by atoms with E-state index in [-0.39, 0.29) is 0 Å². The highest BCUT2D eigenvalue weighted by atomic mass is 32.1. The summed E-state index contributed by atoms with van der Waals surface area (Å²) < 4.78 is 346. The first-order valence-electron chi connectivity index (χ1n) is 11.8. The topological polar surface area (TPSA) is 52.6 Å². The molecule has 1 unspecified atom stereocenters. The molecule has 0 rings (SSSR count). The van der Waals surface area contributed by atoms with Crippen molar-refractivity contribution in [3.8, 4) is 0 Å². The summed E-state index contributed by atoms with van der Waals surface area (Å²) in [6.45, 7) is -4.74. The number of carbonyl (C=O) groups is 2. The fourth-order valence-electron chi connectivity index (χ4n) is 2.89. The first-order chi connectivity index (χ1) is 21.9. The molecule has 1 atom stereocenters. The van der Waals surface area contributed by atoms with Gasteiger partial charge < -0.3 is 9.47 Å². The van der Waals surface area contributed by atoms with Gasteiger partial charge in [-0.2, -0.15) is 127 Å². The van der Waals surface area contributed by atoms with Gasteiger partial charge in [0.25, 0.3) is 0 Å². The Morgan fingerprint density at radius 2 is 0.667 bits per heavy atom. The van der Waals surface area contributed by atoms with Crippen molar-refractivity contribution in [1.82, 2.24) is 0 Å². The Kier molecular flexibility index (Phi) is 13.3. The molecule has 0 radical (unpaired) electrons. The summed E-state index contributed by atoms with van der Waals surface area (Å²) in [7, 11) is 0. The molecule has 31 heteroatoms. The molecule has 0 aliphatic rings. The van der Waals surface area contributed by atoms with Crippen molar-refractivity contribution in [2.75, 3.05) is 13.2 Å². The van der Waals surface area contributed by atoms with E-state index in [2.05, 4.69) is 22.1 Å². The quantitative estimate of drug-likeness (QED) is 0.0904. The van der Waals surface area contributed by atoms with Gasteiger partial charge in [-0.25, -0.2) is 0 Å². The molecule has 304 valence electrons. The zero-order chi connectivity index (χ0) is 41.7. The van der Waals surface area contributed by atoms with Gasteiger partial charge in [-0.3, -0.25) is 9.59 Å². The molecular formula is C20H12F26O4S. The number of rotatable bonds is 17. The summed E-state index contributed by atoms with van der Waals surface area (Å²) in [5.41, 5.74) is 0. The van der Waals surface area contributed by atoms with Crippen LogP contribution in [0.25, 0.3) is 0 Å².